The van der Waals surface area contributed by atoms with Crippen molar-refractivity contribution in [1.82, 2.24) is 9.97 Å². The summed E-state index contributed by atoms with van der Waals surface area (Å²) in [7, 11) is 0. The van der Waals surface area contributed by atoms with Crippen LogP contribution in [0.4, 0.5) is 5.13 Å². The fourth-order valence-electron chi connectivity index (χ4n) is 3.32. The van der Waals surface area contributed by atoms with E-state index in [1.807, 2.05) is 30.3 Å². The maximum atomic E-state index is 13.2. The van der Waals surface area contributed by atoms with Crippen molar-refractivity contribution in [2.24, 2.45) is 5.73 Å². The minimum Gasteiger partial charge on any atom is -0.454 e. The standard InChI is InChI=1S/C22H16N4O4S/c23-20(27)11-26(21(28)15-2-4-17-18(9-15)30-12-29-17)22-25-16-3-1-14(10-19(16)31-22)13-5-7-24-8-6-13/h1-10H,11-12H2,(H2,23,27). The molecule has 1 aliphatic rings. The van der Waals surface area contributed by atoms with Gasteiger partial charge in [0.2, 0.25) is 12.7 Å². The van der Waals surface area contributed by atoms with Crippen LogP contribution in [0.15, 0.2) is 60.9 Å². The van der Waals surface area contributed by atoms with Crippen molar-refractivity contribution in [2.45, 2.75) is 0 Å². The minimum atomic E-state index is -0.633. The first-order valence-corrected chi connectivity index (χ1v) is 10.2. The first kappa shape index (κ1) is 19.0. The molecule has 0 aliphatic carbocycles. The van der Waals surface area contributed by atoms with E-state index in [2.05, 4.69) is 9.97 Å². The van der Waals surface area contributed by atoms with E-state index in [0.29, 0.717) is 22.2 Å². The summed E-state index contributed by atoms with van der Waals surface area (Å²) in [5, 5.41) is 0.392. The molecule has 4 aromatic rings. The monoisotopic (exact) mass is 432 g/mol. The van der Waals surface area contributed by atoms with E-state index in [1.165, 1.54) is 16.2 Å². The lowest BCUT2D eigenvalue weighted by Crippen LogP contribution is -2.38. The average Bonchev–Trinajstić information content (AvgIpc) is 3.43. The van der Waals surface area contributed by atoms with Crippen LogP contribution < -0.4 is 20.1 Å². The lowest BCUT2D eigenvalue weighted by Gasteiger charge is -2.18. The molecule has 0 saturated heterocycles. The molecule has 0 bridgehead atoms. The summed E-state index contributed by atoms with van der Waals surface area (Å²) < 4.78 is 11.5. The van der Waals surface area contributed by atoms with Gasteiger partial charge in [0.25, 0.3) is 5.91 Å². The number of anilines is 1. The van der Waals surface area contributed by atoms with Crippen molar-refractivity contribution in [3.8, 4) is 22.6 Å². The molecule has 5 rings (SSSR count). The zero-order valence-electron chi connectivity index (χ0n) is 16.1. The van der Waals surface area contributed by atoms with Crippen LogP contribution in [-0.4, -0.2) is 35.1 Å². The SMILES string of the molecule is NC(=O)CN(C(=O)c1ccc2c(c1)OCO2)c1nc2ccc(-c3ccncc3)cc2s1. The van der Waals surface area contributed by atoms with Gasteiger partial charge in [0, 0.05) is 18.0 Å². The predicted octanol–water partition coefficient (Wildman–Crippen LogP) is 3.22. The summed E-state index contributed by atoms with van der Waals surface area (Å²) in [4.78, 5) is 34.8. The second-order valence-electron chi connectivity index (χ2n) is 6.84. The van der Waals surface area contributed by atoms with E-state index in [-0.39, 0.29) is 13.3 Å². The molecular formula is C22H16N4O4S. The molecule has 2 N–H and O–H groups in total. The van der Waals surface area contributed by atoms with E-state index < -0.39 is 11.8 Å². The van der Waals surface area contributed by atoms with Gasteiger partial charge in [-0.3, -0.25) is 19.5 Å². The van der Waals surface area contributed by atoms with Gasteiger partial charge in [0.15, 0.2) is 16.6 Å². The third-order valence-electron chi connectivity index (χ3n) is 4.80. The number of nitrogens with zero attached hydrogens (tertiary/aromatic N) is 3. The van der Waals surface area contributed by atoms with Crippen LogP contribution in [0, 0.1) is 0 Å². The summed E-state index contributed by atoms with van der Waals surface area (Å²) >= 11 is 1.32. The molecule has 0 unspecified atom stereocenters. The lowest BCUT2D eigenvalue weighted by molar-refractivity contribution is -0.116. The quantitative estimate of drug-likeness (QED) is 0.519. The zero-order valence-corrected chi connectivity index (χ0v) is 17.0. The van der Waals surface area contributed by atoms with Gasteiger partial charge in [0.1, 0.15) is 6.54 Å². The number of amides is 2. The molecule has 2 aromatic carbocycles. The van der Waals surface area contributed by atoms with E-state index in [0.717, 1.165) is 21.3 Å². The van der Waals surface area contributed by atoms with E-state index in [4.69, 9.17) is 15.2 Å². The Kier molecular flexibility index (Phi) is 4.72. The first-order chi connectivity index (χ1) is 15.1. The van der Waals surface area contributed by atoms with Gasteiger partial charge in [-0.15, -0.1) is 0 Å². The molecule has 31 heavy (non-hydrogen) atoms. The van der Waals surface area contributed by atoms with Crippen molar-refractivity contribution in [1.29, 1.82) is 0 Å². The molecule has 0 radical (unpaired) electrons. The van der Waals surface area contributed by atoms with Crippen LogP contribution in [0.1, 0.15) is 10.4 Å². The summed E-state index contributed by atoms with van der Waals surface area (Å²) in [5.41, 5.74) is 8.53. The molecule has 0 atom stereocenters. The van der Waals surface area contributed by atoms with Crippen molar-refractivity contribution >= 4 is 38.5 Å². The third kappa shape index (κ3) is 3.66. The Morgan fingerprint density at radius 2 is 1.81 bits per heavy atom. The number of aromatic nitrogens is 2. The van der Waals surface area contributed by atoms with E-state index in [1.54, 1.807) is 30.6 Å². The van der Waals surface area contributed by atoms with Crippen LogP contribution in [0.5, 0.6) is 11.5 Å². The molecule has 154 valence electrons. The fourth-order valence-corrected chi connectivity index (χ4v) is 4.32. The molecule has 1 aliphatic heterocycles. The van der Waals surface area contributed by atoms with Crippen molar-refractivity contribution in [2.75, 3.05) is 18.2 Å². The average molecular weight is 432 g/mol. The van der Waals surface area contributed by atoms with Crippen LogP contribution in [-0.2, 0) is 4.79 Å². The number of hydrogen-bond donors (Lipinski definition) is 1. The van der Waals surface area contributed by atoms with Crippen molar-refractivity contribution in [3.05, 3.63) is 66.5 Å². The second kappa shape index (κ2) is 7.69. The summed E-state index contributed by atoms with van der Waals surface area (Å²) in [6.07, 6.45) is 3.46. The Balaban J connectivity index is 1.52. The van der Waals surface area contributed by atoms with Gasteiger partial charge in [-0.05, 0) is 53.6 Å². The number of benzene rings is 2. The summed E-state index contributed by atoms with van der Waals surface area (Å²) in [6.45, 7) is -0.181. The maximum Gasteiger partial charge on any atom is 0.260 e. The van der Waals surface area contributed by atoms with Crippen LogP contribution >= 0.6 is 11.3 Å². The number of carbonyl (C=O) groups is 2. The number of fused-ring (bicyclic) bond motifs is 2. The van der Waals surface area contributed by atoms with E-state index in [9.17, 15) is 9.59 Å². The van der Waals surface area contributed by atoms with Gasteiger partial charge >= 0.3 is 0 Å². The molecule has 0 saturated carbocycles. The number of primary amides is 1. The molecule has 0 fully saturated rings. The third-order valence-corrected chi connectivity index (χ3v) is 5.84. The van der Waals surface area contributed by atoms with Crippen LogP contribution in [0.25, 0.3) is 21.3 Å². The first-order valence-electron chi connectivity index (χ1n) is 9.39. The fraction of sp³-hybridized carbons (Fsp3) is 0.0909. The highest BCUT2D eigenvalue weighted by molar-refractivity contribution is 7.22. The number of ether oxygens (including phenoxy) is 2. The molecule has 0 spiro atoms. The van der Waals surface area contributed by atoms with Crippen LogP contribution in [0.2, 0.25) is 0 Å². The van der Waals surface area contributed by atoms with E-state index >= 15 is 0 Å². The molecule has 2 amide bonds. The molecule has 8 nitrogen and oxygen atoms in total. The largest absolute Gasteiger partial charge is 0.454 e. The second-order valence-corrected chi connectivity index (χ2v) is 7.85. The Bertz CT molecular complexity index is 1310. The topological polar surface area (TPSA) is 108 Å². The molecular weight excluding hydrogens is 416 g/mol. The Hall–Kier alpha value is -3.98. The van der Waals surface area contributed by atoms with Gasteiger partial charge in [0.05, 0.1) is 10.2 Å². The van der Waals surface area contributed by atoms with Gasteiger partial charge in [-0.2, -0.15) is 0 Å². The molecule has 2 aromatic heterocycles. The Morgan fingerprint density at radius 1 is 1.00 bits per heavy atom. The molecule has 3 heterocycles. The Labute approximate surface area is 180 Å². The number of nitrogens with two attached hydrogens (primary N) is 1. The minimum absolute atomic E-state index is 0.107. The smallest absolute Gasteiger partial charge is 0.260 e. The zero-order chi connectivity index (χ0) is 21.4. The van der Waals surface area contributed by atoms with Crippen LogP contribution in [0.3, 0.4) is 0 Å². The van der Waals surface area contributed by atoms with Gasteiger partial charge in [-0.25, -0.2) is 4.98 Å². The summed E-state index contributed by atoms with van der Waals surface area (Å²) in [5.74, 6) is 0.0223. The van der Waals surface area contributed by atoms with Crippen molar-refractivity contribution < 1.29 is 19.1 Å². The number of carbonyl (C=O) groups excluding carboxylic acids is 2. The highest BCUT2D eigenvalue weighted by Gasteiger charge is 2.25. The lowest BCUT2D eigenvalue weighted by atomic mass is 10.1. The number of pyridine rings is 1. The van der Waals surface area contributed by atoms with Crippen molar-refractivity contribution in [3.63, 3.8) is 0 Å². The highest BCUT2D eigenvalue weighted by atomic mass is 32.1. The van der Waals surface area contributed by atoms with Gasteiger partial charge < -0.3 is 15.2 Å². The van der Waals surface area contributed by atoms with Gasteiger partial charge in [-0.1, -0.05) is 17.4 Å². The number of rotatable bonds is 5. The highest BCUT2D eigenvalue weighted by Crippen LogP contribution is 2.35. The maximum absolute atomic E-state index is 13.2. The Morgan fingerprint density at radius 3 is 2.61 bits per heavy atom. The normalized spacial score (nSPS) is 12.1. The predicted molar refractivity (Wildman–Crippen MR) is 116 cm³/mol. The molecule has 9 heteroatoms. The number of hydrogen-bond acceptors (Lipinski definition) is 7. The number of thiazole rings is 1. The summed E-state index contributed by atoms with van der Waals surface area (Å²) in [6, 6.07) is 14.6.